The lowest BCUT2D eigenvalue weighted by atomic mass is 9.95. The van der Waals surface area contributed by atoms with Crippen LogP contribution in [0.1, 0.15) is 48.8 Å². The highest BCUT2D eigenvalue weighted by atomic mass is 79.9. The zero-order valence-electron chi connectivity index (χ0n) is 16.1. The Morgan fingerprint density at radius 1 is 1.04 bits per heavy atom. The minimum atomic E-state index is 0. The van der Waals surface area contributed by atoms with Crippen LogP contribution >= 0.6 is 28.3 Å². The highest BCUT2D eigenvalue weighted by Gasteiger charge is 2.15. The summed E-state index contributed by atoms with van der Waals surface area (Å²) in [6.45, 7) is 3.47. The number of hydrogen-bond acceptors (Lipinski definition) is 3. The molecule has 2 aromatic rings. The molecule has 1 saturated carbocycles. The second kappa shape index (κ2) is 10.9. The van der Waals surface area contributed by atoms with Gasteiger partial charge in [0.15, 0.2) is 11.5 Å². The van der Waals surface area contributed by atoms with E-state index in [0.29, 0.717) is 12.6 Å². The molecular weight excluding hydrogens is 426 g/mol. The summed E-state index contributed by atoms with van der Waals surface area (Å²) in [5, 5.41) is 3.68. The van der Waals surface area contributed by atoms with Crippen molar-refractivity contribution in [3.63, 3.8) is 0 Å². The molecule has 5 heteroatoms. The Morgan fingerprint density at radius 3 is 2.41 bits per heavy atom. The van der Waals surface area contributed by atoms with Gasteiger partial charge in [0.25, 0.3) is 0 Å². The topological polar surface area (TPSA) is 30.5 Å². The standard InChI is InChI=1S/C22H28BrNO2.ClH/c1-16-8-10-17(11-9-16)15-26-22-20(23)12-18(13-21(22)25-2)14-24-19-6-4-3-5-7-19;/h8-13,19,24H,3-7,14-15H2,1-2H3;1H. The third-order valence-electron chi connectivity index (χ3n) is 4.99. The van der Waals surface area contributed by atoms with Gasteiger partial charge >= 0.3 is 0 Å². The predicted octanol–water partition coefficient (Wildman–Crippen LogP) is 6.19. The van der Waals surface area contributed by atoms with Crippen molar-refractivity contribution in [1.29, 1.82) is 0 Å². The molecule has 0 radical (unpaired) electrons. The van der Waals surface area contributed by atoms with Gasteiger partial charge in [0.05, 0.1) is 11.6 Å². The molecule has 0 aromatic heterocycles. The fourth-order valence-electron chi connectivity index (χ4n) is 3.42. The fraction of sp³-hybridized carbons (Fsp3) is 0.455. The summed E-state index contributed by atoms with van der Waals surface area (Å²) < 4.78 is 12.6. The van der Waals surface area contributed by atoms with Gasteiger partial charge < -0.3 is 14.8 Å². The van der Waals surface area contributed by atoms with E-state index in [4.69, 9.17) is 9.47 Å². The van der Waals surface area contributed by atoms with Gasteiger partial charge in [0.1, 0.15) is 6.61 Å². The lowest BCUT2D eigenvalue weighted by molar-refractivity contribution is 0.282. The monoisotopic (exact) mass is 453 g/mol. The van der Waals surface area contributed by atoms with Crippen molar-refractivity contribution in [2.45, 2.75) is 58.2 Å². The van der Waals surface area contributed by atoms with E-state index < -0.39 is 0 Å². The van der Waals surface area contributed by atoms with Crippen molar-refractivity contribution >= 4 is 28.3 Å². The molecule has 1 aliphatic carbocycles. The molecule has 0 heterocycles. The SMILES string of the molecule is COc1cc(CNC2CCCCC2)cc(Br)c1OCc1ccc(C)cc1.Cl. The van der Waals surface area contributed by atoms with E-state index in [1.807, 2.05) is 0 Å². The molecule has 1 aliphatic rings. The Morgan fingerprint density at radius 2 is 1.74 bits per heavy atom. The van der Waals surface area contributed by atoms with Gasteiger partial charge in [0.2, 0.25) is 0 Å². The van der Waals surface area contributed by atoms with Crippen LogP contribution in [0, 0.1) is 6.92 Å². The van der Waals surface area contributed by atoms with Crippen LogP contribution in [0.2, 0.25) is 0 Å². The van der Waals surface area contributed by atoms with Crippen molar-refractivity contribution in [3.05, 3.63) is 57.6 Å². The van der Waals surface area contributed by atoms with Gasteiger partial charge in [-0.25, -0.2) is 0 Å². The van der Waals surface area contributed by atoms with Gasteiger partial charge in [0, 0.05) is 12.6 Å². The summed E-state index contributed by atoms with van der Waals surface area (Å²) in [4.78, 5) is 0. The quantitative estimate of drug-likeness (QED) is 0.541. The second-order valence-corrected chi connectivity index (χ2v) is 7.95. The van der Waals surface area contributed by atoms with E-state index in [2.05, 4.69) is 64.6 Å². The first-order valence-corrected chi connectivity index (χ1v) is 10.2. The average molecular weight is 455 g/mol. The van der Waals surface area contributed by atoms with Crippen molar-refractivity contribution in [2.75, 3.05) is 7.11 Å². The van der Waals surface area contributed by atoms with Crippen LogP contribution in [-0.4, -0.2) is 13.2 Å². The predicted molar refractivity (Wildman–Crippen MR) is 117 cm³/mol. The molecule has 1 fully saturated rings. The molecule has 0 unspecified atom stereocenters. The maximum atomic E-state index is 6.04. The molecule has 2 aromatic carbocycles. The Balaban J connectivity index is 0.00000261. The van der Waals surface area contributed by atoms with E-state index in [9.17, 15) is 0 Å². The normalized spacial score (nSPS) is 14.5. The summed E-state index contributed by atoms with van der Waals surface area (Å²) in [6.07, 6.45) is 6.64. The number of nitrogens with one attached hydrogen (secondary N) is 1. The van der Waals surface area contributed by atoms with Crippen LogP contribution in [0.15, 0.2) is 40.9 Å². The van der Waals surface area contributed by atoms with Crippen LogP contribution in [0.5, 0.6) is 11.5 Å². The molecule has 27 heavy (non-hydrogen) atoms. The highest BCUT2D eigenvalue weighted by molar-refractivity contribution is 9.10. The molecule has 148 valence electrons. The summed E-state index contributed by atoms with van der Waals surface area (Å²) in [5.41, 5.74) is 3.61. The van der Waals surface area contributed by atoms with Crippen molar-refractivity contribution in [3.8, 4) is 11.5 Å². The van der Waals surface area contributed by atoms with E-state index in [0.717, 1.165) is 28.1 Å². The van der Waals surface area contributed by atoms with Crippen LogP contribution in [-0.2, 0) is 13.2 Å². The molecule has 1 N–H and O–H groups in total. The number of hydrogen-bond donors (Lipinski definition) is 1. The second-order valence-electron chi connectivity index (χ2n) is 7.10. The molecular formula is C22H29BrClNO2. The van der Waals surface area contributed by atoms with Crippen molar-refractivity contribution in [2.24, 2.45) is 0 Å². The van der Waals surface area contributed by atoms with Gasteiger partial charge in [-0.1, -0.05) is 49.1 Å². The summed E-state index contributed by atoms with van der Waals surface area (Å²) in [6, 6.07) is 13.2. The smallest absolute Gasteiger partial charge is 0.175 e. The minimum Gasteiger partial charge on any atom is -0.493 e. The highest BCUT2D eigenvalue weighted by Crippen LogP contribution is 2.37. The minimum absolute atomic E-state index is 0. The van der Waals surface area contributed by atoms with E-state index in [1.165, 1.54) is 43.2 Å². The number of methoxy groups -OCH3 is 1. The van der Waals surface area contributed by atoms with E-state index in [-0.39, 0.29) is 12.4 Å². The Labute approximate surface area is 177 Å². The number of rotatable bonds is 7. The van der Waals surface area contributed by atoms with Crippen molar-refractivity contribution in [1.82, 2.24) is 5.32 Å². The Hall–Kier alpha value is -1.23. The van der Waals surface area contributed by atoms with Gasteiger partial charge in [-0.05, 0) is 59.0 Å². The molecule has 0 spiro atoms. The summed E-state index contributed by atoms with van der Waals surface area (Å²) in [5.74, 6) is 1.53. The van der Waals surface area contributed by atoms with Gasteiger partial charge in [-0.15, -0.1) is 12.4 Å². The third kappa shape index (κ3) is 6.41. The van der Waals surface area contributed by atoms with Gasteiger partial charge in [-0.3, -0.25) is 0 Å². The number of aryl methyl sites for hydroxylation is 1. The molecule has 0 bridgehead atoms. The third-order valence-corrected chi connectivity index (χ3v) is 5.58. The maximum Gasteiger partial charge on any atom is 0.175 e. The number of halogens is 2. The largest absolute Gasteiger partial charge is 0.493 e. The van der Waals surface area contributed by atoms with Crippen molar-refractivity contribution < 1.29 is 9.47 Å². The van der Waals surface area contributed by atoms with Crippen LogP contribution in [0.3, 0.4) is 0 Å². The zero-order valence-corrected chi connectivity index (χ0v) is 18.5. The van der Waals surface area contributed by atoms with Crippen LogP contribution in [0.25, 0.3) is 0 Å². The molecule has 0 saturated heterocycles. The Kier molecular flexibility index (Phi) is 8.94. The van der Waals surface area contributed by atoms with Gasteiger partial charge in [-0.2, -0.15) is 0 Å². The van der Waals surface area contributed by atoms with E-state index >= 15 is 0 Å². The zero-order chi connectivity index (χ0) is 18.4. The summed E-state index contributed by atoms with van der Waals surface area (Å²) >= 11 is 3.66. The fourth-order valence-corrected chi connectivity index (χ4v) is 4.03. The number of benzene rings is 2. The van der Waals surface area contributed by atoms with Crippen LogP contribution < -0.4 is 14.8 Å². The molecule has 0 atom stereocenters. The lowest BCUT2D eigenvalue weighted by Gasteiger charge is -2.23. The first kappa shape index (κ1) is 22.1. The first-order valence-electron chi connectivity index (χ1n) is 9.44. The van der Waals surface area contributed by atoms with Crippen LogP contribution in [0.4, 0.5) is 0 Å². The first-order chi connectivity index (χ1) is 12.7. The maximum absolute atomic E-state index is 6.04. The molecule has 0 aliphatic heterocycles. The molecule has 0 amide bonds. The molecule has 3 rings (SSSR count). The Bertz CT molecular complexity index is 715. The summed E-state index contributed by atoms with van der Waals surface area (Å²) in [7, 11) is 1.69. The molecule has 3 nitrogen and oxygen atoms in total. The lowest BCUT2D eigenvalue weighted by Crippen LogP contribution is -2.30. The number of ether oxygens (including phenoxy) is 2. The van der Waals surface area contributed by atoms with E-state index in [1.54, 1.807) is 7.11 Å². The average Bonchev–Trinajstić information content (AvgIpc) is 2.67.